The Morgan fingerprint density at radius 2 is 1.69 bits per heavy atom. The van der Waals surface area contributed by atoms with Gasteiger partial charge in [0.15, 0.2) is 0 Å². The van der Waals surface area contributed by atoms with Gasteiger partial charge in [-0.1, -0.05) is 60.7 Å². The van der Waals surface area contributed by atoms with Gasteiger partial charge in [0, 0.05) is 12.5 Å². The number of aryl methyl sites for hydroxylation is 1. The van der Waals surface area contributed by atoms with Crippen LogP contribution >= 0.6 is 23.2 Å². The van der Waals surface area contributed by atoms with E-state index in [1.165, 1.54) is 6.42 Å². The number of sulfonamides is 1. The summed E-state index contributed by atoms with van der Waals surface area (Å²) in [6.45, 7) is 0. The monoisotopic (exact) mass is 454 g/mol. The molecule has 3 rings (SSSR count). The number of hydrogen-bond donors (Lipinski definition) is 2. The Hall–Kier alpha value is -1.60. The fourth-order valence-corrected chi connectivity index (χ4v) is 5.07. The summed E-state index contributed by atoms with van der Waals surface area (Å²) in [5.41, 5.74) is 1.35. The number of amides is 1. The molecule has 2 aromatic rings. The molecule has 0 bridgehead atoms. The molecule has 0 aliphatic heterocycles. The van der Waals surface area contributed by atoms with Crippen LogP contribution in [0.3, 0.4) is 0 Å². The fourth-order valence-electron chi connectivity index (χ4n) is 3.41. The zero-order chi connectivity index (χ0) is 20.9. The minimum Gasteiger partial charge on any atom is -0.325 e. The third-order valence-corrected chi connectivity index (χ3v) is 7.38. The van der Waals surface area contributed by atoms with E-state index >= 15 is 0 Å². The Bertz CT molecular complexity index is 956. The second kappa shape index (κ2) is 9.94. The van der Waals surface area contributed by atoms with Crippen LogP contribution in [0.25, 0.3) is 0 Å². The summed E-state index contributed by atoms with van der Waals surface area (Å²) < 4.78 is 27.9. The Balaban J connectivity index is 1.54. The first-order valence-corrected chi connectivity index (χ1v) is 11.9. The highest BCUT2D eigenvalue weighted by Gasteiger charge is 2.21. The van der Waals surface area contributed by atoms with Crippen molar-refractivity contribution >= 4 is 44.8 Å². The molecule has 1 amide bonds. The lowest BCUT2D eigenvalue weighted by Crippen LogP contribution is -2.36. The van der Waals surface area contributed by atoms with E-state index < -0.39 is 10.0 Å². The minimum atomic E-state index is -3.51. The largest absolute Gasteiger partial charge is 0.325 e. The molecular formula is C21H24Cl2N2O3S. The third kappa shape index (κ3) is 6.19. The van der Waals surface area contributed by atoms with Crippen molar-refractivity contribution in [2.75, 3.05) is 5.32 Å². The van der Waals surface area contributed by atoms with Crippen molar-refractivity contribution in [3.05, 3.63) is 58.1 Å². The molecule has 5 nitrogen and oxygen atoms in total. The van der Waals surface area contributed by atoms with Crippen molar-refractivity contribution in [1.29, 1.82) is 0 Å². The van der Waals surface area contributed by atoms with E-state index in [2.05, 4.69) is 10.0 Å². The van der Waals surface area contributed by atoms with Crippen molar-refractivity contribution < 1.29 is 13.2 Å². The van der Waals surface area contributed by atoms with Gasteiger partial charge in [0.2, 0.25) is 15.9 Å². The molecule has 0 atom stereocenters. The molecule has 0 heterocycles. The Labute approximate surface area is 181 Å². The molecule has 29 heavy (non-hydrogen) atoms. The van der Waals surface area contributed by atoms with Gasteiger partial charge in [-0.05, 0) is 49.1 Å². The maximum atomic E-state index is 12.5. The number of hydrogen-bond acceptors (Lipinski definition) is 3. The van der Waals surface area contributed by atoms with Crippen molar-refractivity contribution in [1.82, 2.24) is 4.72 Å². The molecule has 8 heteroatoms. The Morgan fingerprint density at radius 3 is 2.38 bits per heavy atom. The lowest BCUT2D eigenvalue weighted by Gasteiger charge is -2.22. The quantitative estimate of drug-likeness (QED) is 0.605. The first-order valence-electron chi connectivity index (χ1n) is 9.70. The molecule has 0 radical (unpaired) electrons. The third-order valence-electron chi connectivity index (χ3n) is 5.03. The number of rotatable bonds is 7. The van der Waals surface area contributed by atoms with Crippen molar-refractivity contribution in [2.45, 2.75) is 55.9 Å². The van der Waals surface area contributed by atoms with Crippen molar-refractivity contribution in [3.8, 4) is 0 Å². The SMILES string of the molecule is O=C(CCc1ccc(S(=O)(=O)NC2CCCCC2)cc1)Nc1cccc(Cl)c1Cl. The van der Waals surface area contributed by atoms with Gasteiger partial charge < -0.3 is 5.32 Å². The van der Waals surface area contributed by atoms with Gasteiger partial charge in [0.05, 0.1) is 20.6 Å². The number of carbonyl (C=O) groups is 1. The van der Waals surface area contributed by atoms with Crippen LogP contribution in [0, 0.1) is 0 Å². The van der Waals surface area contributed by atoms with Crippen LogP contribution in [0.15, 0.2) is 47.4 Å². The van der Waals surface area contributed by atoms with E-state index in [0.29, 0.717) is 22.2 Å². The maximum absolute atomic E-state index is 12.5. The van der Waals surface area contributed by atoms with Crippen LogP contribution in [0.1, 0.15) is 44.1 Å². The average molecular weight is 455 g/mol. The van der Waals surface area contributed by atoms with Crippen LogP contribution in [0.5, 0.6) is 0 Å². The molecular weight excluding hydrogens is 431 g/mol. The van der Waals surface area contributed by atoms with Gasteiger partial charge in [-0.2, -0.15) is 0 Å². The molecule has 156 valence electrons. The van der Waals surface area contributed by atoms with Gasteiger partial charge in [-0.3, -0.25) is 4.79 Å². The van der Waals surface area contributed by atoms with E-state index in [1.54, 1.807) is 42.5 Å². The minimum absolute atomic E-state index is 0.0236. The fraction of sp³-hybridized carbons (Fsp3) is 0.381. The van der Waals surface area contributed by atoms with Crippen molar-refractivity contribution in [2.24, 2.45) is 0 Å². The normalized spacial score (nSPS) is 15.2. The topological polar surface area (TPSA) is 75.3 Å². The van der Waals surface area contributed by atoms with Crippen LogP contribution in [-0.2, 0) is 21.2 Å². The zero-order valence-electron chi connectivity index (χ0n) is 16.0. The number of anilines is 1. The summed E-state index contributed by atoms with van der Waals surface area (Å²) in [4.78, 5) is 12.4. The molecule has 1 fully saturated rings. The maximum Gasteiger partial charge on any atom is 0.240 e. The zero-order valence-corrected chi connectivity index (χ0v) is 18.3. The predicted octanol–water partition coefficient (Wildman–Crippen LogP) is 5.18. The summed E-state index contributed by atoms with van der Waals surface area (Å²) >= 11 is 12.0. The van der Waals surface area contributed by atoms with Crippen LogP contribution < -0.4 is 10.0 Å². The first-order chi connectivity index (χ1) is 13.8. The second-order valence-corrected chi connectivity index (χ2v) is 9.75. The Morgan fingerprint density at radius 1 is 1.00 bits per heavy atom. The number of nitrogens with one attached hydrogen (secondary N) is 2. The molecule has 1 aliphatic rings. The second-order valence-electron chi connectivity index (χ2n) is 7.25. The van der Waals surface area contributed by atoms with Crippen LogP contribution in [-0.4, -0.2) is 20.4 Å². The van der Waals surface area contributed by atoms with E-state index in [-0.39, 0.29) is 23.3 Å². The van der Waals surface area contributed by atoms with Gasteiger partial charge in [-0.15, -0.1) is 0 Å². The van der Waals surface area contributed by atoms with Gasteiger partial charge in [0.25, 0.3) is 0 Å². The van der Waals surface area contributed by atoms with E-state index in [9.17, 15) is 13.2 Å². The molecule has 2 N–H and O–H groups in total. The highest BCUT2D eigenvalue weighted by molar-refractivity contribution is 7.89. The molecule has 1 aliphatic carbocycles. The molecule has 0 saturated heterocycles. The number of carbonyl (C=O) groups excluding carboxylic acids is 1. The van der Waals surface area contributed by atoms with Crippen LogP contribution in [0.2, 0.25) is 10.0 Å². The summed E-state index contributed by atoms with van der Waals surface area (Å²) in [6, 6.07) is 11.7. The van der Waals surface area contributed by atoms with Crippen molar-refractivity contribution in [3.63, 3.8) is 0 Å². The molecule has 1 saturated carbocycles. The highest BCUT2D eigenvalue weighted by atomic mass is 35.5. The summed E-state index contributed by atoms with van der Waals surface area (Å²) in [5, 5.41) is 3.43. The van der Waals surface area contributed by atoms with Gasteiger partial charge >= 0.3 is 0 Å². The Kier molecular flexibility index (Phi) is 7.57. The summed E-state index contributed by atoms with van der Waals surface area (Å²) in [5.74, 6) is -0.190. The lowest BCUT2D eigenvalue weighted by molar-refractivity contribution is -0.116. The standard InChI is InChI=1S/C21H24Cl2N2O3S/c22-18-7-4-8-19(21(18)23)24-20(26)14-11-15-9-12-17(13-10-15)29(27,28)25-16-5-2-1-3-6-16/h4,7-10,12-13,16,25H,1-3,5-6,11,14H2,(H,24,26). The highest BCUT2D eigenvalue weighted by Crippen LogP contribution is 2.29. The van der Waals surface area contributed by atoms with Crippen LogP contribution in [0.4, 0.5) is 5.69 Å². The predicted molar refractivity (Wildman–Crippen MR) is 117 cm³/mol. The molecule has 0 unspecified atom stereocenters. The molecule has 0 spiro atoms. The van der Waals surface area contributed by atoms with Gasteiger partial charge in [-0.25, -0.2) is 13.1 Å². The summed E-state index contributed by atoms with van der Waals surface area (Å²) in [7, 11) is -3.51. The summed E-state index contributed by atoms with van der Waals surface area (Å²) in [6.07, 6.45) is 5.81. The van der Waals surface area contributed by atoms with E-state index in [1.807, 2.05) is 0 Å². The molecule has 0 aromatic heterocycles. The number of halogens is 2. The van der Waals surface area contributed by atoms with Gasteiger partial charge in [0.1, 0.15) is 0 Å². The lowest BCUT2D eigenvalue weighted by atomic mass is 9.96. The average Bonchev–Trinajstić information content (AvgIpc) is 2.71. The van der Waals surface area contributed by atoms with E-state index in [0.717, 1.165) is 31.2 Å². The van der Waals surface area contributed by atoms with E-state index in [4.69, 9.17) is 23.2 Å². The first kappa shape index (κ1) is 22.1. The number of benzene rings is 2. The smallest absolute Gasteiger partial charge is 0.240 e. The molecule has 2 aromatic carbocycles.